The van der Waals surface area contributed by atoms with Crippen molar-refractivity contribution >= 4 is 23.5 Å². The van der Waals surface area contributed by atoms with E-state index in [9.17, 15) is 32.3 Å². The number of carbonyl (C=O) groups excluding carboxylic acids is 4. The summed E-state index contributed by atoms with van der Waals surface area (Å²) < 4.78 is 46.2. The molecule has 8 nitrogen and oxygen atoms in total. The van der Waals surface area contributed by atoms with E-state index in [-0.39, 0.29) is 37.1 Å². The monoisotopic (exact) mass is 519 g/mol. The normalized spacial score (nSPS) is 16.3. The van der Waals surface area contributed by atoms with E-state index in [4.69, 9.17) is 4.74 Å². The highest BCUT2D eigenvalue weighted by atomic mass is 19.4. The van der Waals surface area contributed by atoms with Gasteiger partial charge in [0, 0.05) is 24.9 Å². The average molecular weight is 520 g/mol. The molecule has 0 bridgehead atoms. The van der Waals surface area contributed by atoms with Crippen molar-refractivity contribution in [3.8, 4) is 5.75 Å². The number of hydrogen-bond acceptors (Lipinski definition) is 5. The number of ketones is 1. The highest BCUT2D eigenvalue weighted by Gasteiger charge is 2.41. The average Bonchev–Trinajstić information content (AvgIpc) is 3.23. The Morgan fingerprint density at radius 2 is 1.81 bits per heavy atom. The van der Waals surface area contributed by atoms with Crippen LogP contribution in [-0.2, 0) is 38.3 Å². The summed E-state index contributed by atoms with van der Waals surface area (Å²) in [5.74, 6) is -3.03. The minimum atomic E-state index is -4.70. The number of benzene rings is 2. The first-order valence-electron chi connectivity index (χ1n) is 11.8. The van der Waals surface area contributed by atoms with Crippen molar-refractivity contribution in [1.29, 1.82) is 0 Å². The van der Waals surface area contributed by atoms with Gasteiger partial charge in [0.1, 0.15) is 17.8 Å². The van der Waals surface area contributed by atoms with E-state index < -0.39 is 53.9 Å². The number of ether oxygens (including phenoxy) is 1. The van der Waals surface area contributed by atoms with Crippen molar-refractivity contribution in [3.63, 3.8) is 0 Å². The van der Waals surface area contributed by atoms with Gasteiger partial charge in [-0.2, -0.15) is 13.2 Å². The quantitative estimate of drug-likeness (QED) is 0.470. The van der Waals surface area contributed by atoms with Crippen LogP contribution in [0.1, 0.15) is 36.5 Å². The largest absolute Gasteiger partial charge is 0.496 e. The van der Waals surface area contributed by atoms with Gasteiger partial charge in [-0.15, -0.1) is 0 Å². The van der Waals surface area contributed by atoms with Crippen LogP contribution in [0.15, 0.2) is 48.5 Å². The molecule has 2 aromatic carbocycles. The number of halogens is 3. The maximum Gasteiger partial charge on any atom is 0.416 e. The molecule has 3 rings (SSSR count). The number of nitrogens with one attached hydrogen (secondary N) is 2. The second kappa shape index (κ2) is 11.9. The van der Waals surface area contributed by atoms with Gasteiger partial charge in [0.2, 0.25) is 17.6 Å². The molecular formula is C26H28F3N3O5. The molecule has 37 heavy (non-hydrogen) atoms. The van der Waals surface area contributed by atoms with Gasteiger partial charge in [0.15, 0.2) is 0 Å². The molecule has 2 aromatic rings. The van der Waals surface area contributed by atoms with Gasteiger partial charge in [0.25, 0.3) is 5.91 Å². The Hall–Kier alpha value is -3.89. The van der Waals surface area contributed by atoms with Crippen molar-refractivity contribution in [3.05, 3.63) is 65.2 Å². The molecule has 1 aliphatic heterocycles. The van der Waals surface area contributed by atoms with Crippen molar-refractivity contribution in [2.24, 2.45) is 0 Å². The standard InChI is InChI=1S/C26H28F3N3O5/c1-3-30-25(36)23(34)19(14-16-8-5-4-6-9-16)31-24(35)20-12-13-22(33)32(20)15-17-18(26(27,28)29)10-7-11-21(17)37-2/h4-11,19-20H,3,12-15H2,1-2H3,(H,30,36)(H,31,35)/t19?,20-/m1/s1. The molecule has 0 aliphatic carbocycles. The lowest BCUT2D eigenvalue weighted by Gasteiger charge is -2.28. The second-order valence-electron chi connectivity index (χ2n) is 8.53. The molecule has 11 heteroatoms. The highest BCUT2D eigenvalue weighted by molar-refractivity contribution is 6.38. The van der Waals surface area contributed by atoms with Crippen LogP contribution >= 0.6 is 0 Å². The minimum absolute atomic E-state index is 0.0218. The van der Waals surface area contributed by atoms with E-state index in [2.05, 4.69) is 10.6 Å². The topological polar surface area (TPSA) is 105 Å². The zero-order chi connectivity index (χ0) is 27.2. The van der Waals surface area contributed by atoms with Gasteiger partial charge >= 0.3 is 6.18 Å². The Kier molecular flexibility index (Phi) is 8.90. The van der Waals surface area contributed by atoms with E-state index >= 15 is 0 Å². The molecule has 1 heterocycles. The molecule has 2 N–H and O–H groups in total. The fourth-order valence-corrected chi connectivity index (χ4v) is 4.29. The summed E-state index contributed by atoms with van der Waals surface area (Å²) in [6, 6.07) is 9.80. The van der Waals surface area contributed by atoms with Crippen LogP contribution in [0.2, 0.25) is 0 Å². The van der Waals surface area contributed by atoms with Gasteiger partial charge in [0.05, 0.1) is 19.2 Å². The molecule has 0 radical (unpaired) electrons. The van der Waals surface area contributed by atoms with Crippen molar-refractivity contribution in [2.75, 3.05) is 13.7 Å². The van der Waals surface area contributed by atoms with E-state index in [1.54, 1.807) is 37.3 Å². The minimum Gasteiger partial charge on any atom is -0.496 e. The molecule has 1 unspecified atom stereocenters. The lowest BCUT2D eigenvalue weighted by molar-refractivity contribution is -0.142. The Morgan fingerprint density at radius 3 is 2.43 bits per heavy atom. The smallest absolute Gasteiger partial charge is 0.416 e. The van der Waals surface area contributed by atoms with E-state index in [0.717, 1.165) is 11.0 Å². The van der Waals surface area contributed by atoms with Gasteiger partial charge in [-0.1, -0.05) is 36.4 Å². The third-order valence-corrected chi connectivity index (χ3v) is 6.09. The number of amides is 3. The van der Waals surface area contributed by atoms with Crippen LogP contribution in [0.4, 0.5) is 13.2 Å². The summed E-state index contributed by atoms with van der Waals surface area (Å²) in [5, 5.41) is 4.97. The fraction of sp³-hybridized carbons (Fsp3) is 0.385. The molecule has 2 atom stereocenters. The molecule has 0 spiro atoms. The molecule has 0 saturated carbocycles. The first-order valence-corrected chi connectivity index (χ1v) is 11.8. The molecular weight excluding hydrogens is 491 g/mol. The summed E-state index contributed by atoms with van der Waals surface area (Å²) in [6.07, 6.45) is -4.69. The third-order valence-electron chi connectivity index (χ3n) is 6.09. The van der Waals surface area contributed by atoms with Gasteiger partial charge in [-0.05, 0) is 31.0 Å². The number of likely N-dealkylation sites (N-methyl/N-ethyl adjacent to an activating group) is 1. The van der Waals surface area contributed by atoms with Crippen LogP contribution in [-0.4, -0.2) is 54.1 Å². The maximum absolute atomic E-state index is 13.7. The lowest BCUT2D eigenvalue weighted by Crippen LogP contribution is -2.53. The first-order chi connectivity index (χ1) is 17.6. The molecule has 198 valence electrons. The third kappa shape index (κ3) is 6.66. The van der Waals surface area contributed by atoms with Crippen molar-refractivity contribution in [1.82, 2.24) is 15.5 Å². The lowest BCUT2D eigenvalue weighted by atomic mass is 10.0. The van der Waals surface area contributed by atoms with E-state index in [1.807, 2.05) is 0 Å². The van der Waals surface area contributed by atoms with Gasteiger partial charge in [-0.3, -0.25) is 19.2 Å². The van der Waals surface area contributed by atoms with Crippen LogP contribution in [0.3, 0.4) is 0 Å². The Balaban J connectivity index is 1.87. The molecule has 1 fully saturated rings. The Bertz CT molecular complexity index is 1150. The van der Waals surface area contributed by atoms with Gasteiger partial charge < -0.3 is 20.3 Å². The molecule has 3 amide bonds. The number of Topliss-reactive ketones (excluding diaryl/α,β-unsaturated/α-hetero) is 1. The Morgan fingerprint density at radius 1 is 1.11 bits per heavy atom. The second-order valence-corrected chi connectivity index (χ2v) is 8.53. The van der Waals surface area contributed by atoms with Crippen LogP contribution in [0, 0.1) is 0 Å². The summed E-state index contributed by atoms with van der Waals surface area (Å²) >= 11 is 0. The predicted octanol–water partition coefficient (Wildman–Crippen LogP) is 2.64. The van der Waals surface area contributed by atoms with Crippen LogP contribution in [0.5, 0.6) is 5.75 Å². The zero-order valence-electron chi connectivity index (χ0n) is 20.4. The van der Waals surface area contributed by atoms with Crippen molar-refractivity contribution in [2.45, 2.75) is 51.0 Å². The highest BCUT2D eigenvalue weighted by Crippen LogP contribution is 2.37. The maximum atomic E-state index is 13.7. The number of carbonyl (C=O) groups is 4. The number of nitrogens with zero attached hydrogens (tertiary/aromatic N) is 1. The van der Waals surface area contributed by atoms with E-state index in [1.165, 1.54) is 19.2 Å². The number of likely N-dealkylation sites (tertiary alicyclic amines) is 1. The van der Waals surface area contributed by atoms with Crippen LogP contribution in [0.25, 0.3) is 0 Å². The first kappa shape index (κ1) is 27.7. The van der Waals surface area contributed by atoms with Crippen LogP contribution < -0.4 is 15.4 Å². The summed E-state index contributed by atoms with van der Waals surface area (Å²) in [4.78, 5) is 52.0. The van der Waals surface area contributed by atoms with Gasteiger partial charge in [-0.25, -0.2) is 0 Å². The number of alkyl halides is 3. The van der Waals surface area contributed by atoms with Crippen molar-refractivity contribution < 1.29 is 37.1 Å². The number of hydrogen-bond donors (Lipinski definition) is 2. The number of rotatable bonds is 10. The van der Waals surface area contributed by atoms with E-state index in [0.29, 0.717) is 5.56 Å². The SMILES string of the molecule is CCNC(=O)C(=O)C(Cc1ccccc1)NC(=O)[C@H]1CCC(=O)N1Cc1c(OC)cccc1C(F)(F)F. The Labute approximate surface area is 212 Å². The molecule has 0 aromatic heterocycles. The molecule has 1 saturated heterocycles. The summed E-state index contributed by atoms with van der Waals surface area (Å²) in [7, 11) is 1.22. The summed E-state index contributed by atoms with van der Waals surface area (Å²) in [6.45, 7) is 1.34. The zero-order valence-corrected chi connectivity index (χ0v) is 20.4. The summed E-state index contributed by atoms with van der Waals surface area (Å²) in [5.41, 5.74) is -0.558. The fourth-order valence-electron chi connectivity index (χ4n) is 4.29. The number of methoxy groups -OCH3 is 1. The molecule has 1 aliphatic rings. The predicted molar refractivity (Wildman–Crippen MR) is 127 cm³/mol.